The Bertz CT molecular complexity index is 443. The van der Waals surface area contributed by atoms with Gasteiger partial charge in [-0.05, 0) is 18.6 Å². The molecule has 0 radical (unpaired) electrons. The highest BCUT2D eigenvalue weighted by atomic mass is 32.2. The smallest absolute Gasteiger partial charge is 0.148 e. The molecule has 0 amide bonds. The van der Waals surface area contributed by atoms with E-state index in [2.05, 4.69) is 4.98 Å². The fraction of sp³-hybridized carbons (Fsp3) is 0.444. The second kappa shape index (κ2) is 4.85. The Morgan fingerprint density at radius 3 is 2.73 bits per heavy atom. The van der Waals surface area contributed by atoms with Crippen LogP contribution in [-0.2, 0) is 9.84 Å². The minimum absolute atomic E-state index is 0.145. The summed E-state index contributed by atoms with van der Waals surface area (Å²) in [7, 11) is -2.90. The quantitative estimate of drug-likeness (QED) is 0.806. The summed E-state index contributed by atoms with van der Waals surface area (Å²) >= 11 is 1.37. The number of nitrogens with two attached hydrogens (primary N) is 1. The molecule has 0 aromatic carbocycles. The van der Waals surface area contributed by atoms with Gasteiger partial charge in [0, 0.05) is 18.2 Å². The summed E-state index contributed by atoms with van der Waals surface area (Å²) in [5.74, 6) is 0.631. The Hall–Kier alpha value is -0.750. The van der Waals surface area contributed by atoms with Crippen LogP contribution in [0.3, 0.4) is 0 Å². The van der Waals surface area contributed by atoms with Gasteiger partial charge in [0.1, 0.15) is 14.9 Å². The summed E-state index contributed by atoms with van der Waals surface area (Å²) in [6, 6.07) is 1.83. The molecule has 2 N–H and O–H groups in total. The molecular formula is C9H14N2O2S2. The second-order valence-corrected chi connectivity index (χ2v) is 6.73. The summed E-state index contributed by atoms with van der Waals surface area (Å²) in [5, 5.41) is 0.698. The standard InChI is InChI=1S/C9H14N2O2S2/c1-7-5-8(10)9(11-6-7)14-3-4-15(2,12)13/h5-6H,3-4,10H2,1-2H3. The van der Waals surface area contributed by atoms with E-state index in [0.717, 1.165) is 5.56 Å². The van der Waals surface area contributed by atoms with E-state index < -0.39 is 9.84 Å². The summed E-state index contributed by atoms with van der Waals surface area (Å²) < 4.78 is 21.8. The molecule has 0 bridgehead atoms. The number of pyridine rings is 1. The van der Waals surface area contributed by atoms with Crippen molar-refractivity contribution in [3.05, 3.63) is 17.8 Å². The van der Waals surface area contributed by atoms with Crippen LogP contribution >= 0.6 is 11.8 Å². The SMILES string of the molecule is Cc1cnc(SCCS(C)(=O)=O)c(N)c1. The van der Waals surface area contributed by atoms with Crippen molar-refractivity contribution in [2.45, 2.75) is 11.9 Å². The lowest BCUT2D eigenvalue weighted by atomic mass is 10.3. The Balaban J connectivity index is 2.59. The number of thioether (sulfide) groups is 1. The van der Waals surface area contributed by atoms with Crippen LogP contribution in [0.25, 0.3) is 0 Å². The highest BCUT2D eigenvalue weighted by Gasteiger charge is 2.05. The molecule has 0 saturated heterocycles. The van der Waals surface area contributed by atoms with E-state index in [1.54, 1.807) is 6.20 Å². The lowest BCUT2D eigenvalue weighted by Gasteiger charge is -2.04. The molecule has 1 heterocycles. The van der Waals surface area contributed by atoms with Crippen LogP contribution in [0.15, 0.2) is 17.3 Å². The molecule has 0 unspecified atom stereocenters. The van der Waals surface area contributed by atoms with Gasteiger partial charge in [-0.3, -0.25) is 0 Å². The van der Waals surface area contributed by atoms with Crippen molar-refractivity contribution < 1.29 is 8.42 Å². The fourth-order valence-corrected chi connectivity index (χ4v) is 3.08. The van der Waals surface area contributed by atoms with Crippen molar-refractivity contribution in [3.8, 4) is 0 Å². The van der Waals surface area contributed by atoms with Crippen LogP contribution < -0.4 is 5.73 Å². The van der Waals surface area contributed by atoms with Gasteiger partial charge in [0.25, 0.3) is 0 Å². The first-order valence-electron chi connectivity index (χ1n) is 4.41. The molecule has 0 spiro atoms. The normalized spacial score (nSPS) is 11.6. The highest BCUT2D eigenvalue weighted by Crippen LogP contribution is 2.22. The fourth-order valence-electron chi connectivity index (χ4n) is 0.990. The molecular weight excluding hydrogens is 232 g/mol. The van der Waals surface area contributed by atoms with Crippen LogP contribution in [0.5, 0.6) is 0 Å². The Labute approximate surface area is 94.2 Å². The minimum atomic E-state index is -2.90. The van der Waals surface area contributed by atoms with Gasteiger partial charge in [0.05, 0.1) is 11.4 Å². The molecule has 84 valence electrons. The number of nitrogen functional groups attached to an aromatic ring is 1. The van der Waals surface area contributed by atoms with Gasteiger partial charge < -0.3 is 5.73 Å². The molecule has 4 nitrogen and oxygen atoms in total. The second-order valence-electron chi connectivity index (χ2n) is 3.39. The maximum Gasteiger partial charge on any atom is 0.148 e. The van der Waals surface area contributed by atoms with E-state index in [0.29, 0.717) is 16.5 Å². The Morgan fingerprint density at radius 2 is 2.20 bits per heavy atom. The number of rotatable bonds is 4. The molecule has 0 fully saturated rings. The maximum absolute atomic E-state index is 10.9. The van der Waals surface area contributed by atoms with Crippen molar-refractivity contribution in [2.75, 3.05) is 23.5 Å². The van der Waals surface area contributed by atoms with Crippen molar-refractivity contribution in [3.63, 3.8) is 0 Å². The van der Waals surface area contributed by atoms with Gasteiger partial charge in [-0.1, -0.05) is 0 Å². The number of aromatic nitrogens is 1. The van der Waals surface area contributed by atoms with Gasteiger partial charge in [-0.25, -0.2) is 13.4 Å². The number of hydrogen-bond donors (Lipinski definition) is 1. The molecule has 1 aromatic rings. The topological polar surface area (TPSA) is 73.0 Å². The van der Waals surface area contributed by atoms with Crippen LogP contribution in [0.1, 0.15) is 5.56 Å². The zero-order valence-corrected chi connectivity index (χ0v) is 10.4. The van der Waals surface area contributed by atoms with Gasteiger partial charge in [0.15, 0.2) is 0 Å². The summed E-state index contributed by atoms with van der Waals surface area (Å²) in [6.45, 7) is 1.91. The van der Waals surface area contributed by atoms with Crippen molar-refractivity contribution >= 4 is 27.3 Å². The molecule has 15 heavy (non-hydrogen) atoms. The molecule has 0 atom stereocenters. The van der Waals surface area contributed by atoms with E-state index in [-0.39, 0.29) is 5.75 Å². The maximum atomic E-state index is 10.9. The first-order chi connectivity index (χ1) is 6.88. The molecule has 0 saturated carbocycles. The van der Waals surface area contributed by atoms with Crippen molar-refractivity contribution in [2.24, 2.45) is 0 Å². The monoisotopic (exact) mass is 246 g/mol. The number of anilines is 1. The Kier molecular flexibility index (Phi) is 3.98. The van der Waals surface area contributed by atoms with E-state index >= 15 is 0 Å². The number of aryl methyl sites for hydroxylation is 1. The first-order valence-corrected chi connectivity index (χ1v) is 7.46. The van der Waals surface area contributed by atoms with Gasteiger partial charge in [0.2, 0.25) is 0 Å². The third kappa shape index (κ3) is 4.53. The molecule has 0 aliphatic heterocycles. The van der Waals surface area contributed by atoms with Crippen LogP contribution in [0, 0.1) is 6.92 Å². The van der Waals surface area contributed by atoms with Gasteiger partial charge >= 0.3 is 0 Å². The van der Waals surface area contributed by atoms with Gasteiger partial charge in [-0.2, -0.15) is 0 Å². The average molecular weight is 246 g/mol. The lowest BCUT2D eigenvalue weighted by Crippen LogP contribution is -2.05. The zero-order chi connectivity index (χ0) is 11.5. The first kappa shape index (κ1) is 12.3. The molecule has 0 aliphatic carbocycles. The van der Waals surface area contributed by atoms with E-state index in [1.165, 1.54) is 18.0 Å². The van der Waals surface area contributed by atoms with Crippen LogP contribution in [-0.4, -0.2) is 31.2 Å². The van der Waals surface area contributed by atoms with Crippen LogP contribution in [0.4, 0.5) is 5.69 Å². The summed E-state index contributed by atoms with van der Waals surface area (Å²) in [5.41, 5.74) is 7.34. The Morgan fingerprint density at radius 1 is 1.53 bits per heavy atom. The molecule has 0 aliphatic rings. The van der Waals surface area contributed by atoms with Crippen molar-refractivity contribution in [1.82, 2.24) is 4.98 Å². The van der Waals surface area contributed by atoms with Crippen LogP contribution in [0.2, 0.25) is 0 Å². The number of hydrogen-bond acceptors (Lipinski definition) is 5. The third-order valence-corrected chi connectivity index (χ3v) is 3.94. The van der Waals surface area contributed by atoms with Crippen molar-refractivity contribution in [1.29, 1.82) is 0 Å². The van der Waals surface area contributed by atoms with E-state index in [9.17, 15) is 8.42 Å². The van der Waals surface area contributed by atoms with E-state index in [4.69, 9.17) is 5.73 Å². The van der Waals surface area contributed by atoms with E-state index in [1.807, 2.05) is 13.0 Å². The highest BCUT2D eigenvalue weighted by molar-refractivity contribution is 8.00. The summed E-state index contributed by atoms with van der Waals surface area (Å²) in [6.07, 6.45) is 2.94. The lowest BCUT2D eigenvalue weighted by molar-refractivity contribution is 0.603. The predicted octanol–water partition coefficient (Wildman–Crippen LogP) is 1.11. The molecule has 6 heteroatoms. The third-order valence-electron chi connectivity index (χ3n) is 1.71. The largest absolute Gasteiger partial charge is 0.397 e. The van der Waals surface area contributed by atoms with Gasteiger partial charge in [-0.15, -0.1) is 11.8 Å². The minimum Gasteiger partial charge on any atom is -0.397 e. The number of sulfone groups is 1. The zero-order valence-electron chi connectivity index (χ0n) is 8.73. The molecule has 1 rings (SSSR count). The average Bonchev–Trinajstić information content (AvgIpc) is 2.07. The predicted molar refractivity (Wildman–Crippen MR) is 63.8 cm³/mol. The summed E-state index contributed by atoms with van der Waals surface area (Å²) in [4.78, 5) is 4.14. The number of nitrogens with zero attached hydrogens (tertiary/aromatic N) is 1. The molecule has 1 aromatic heterocycles.